The van der Waals surface area contributed by atoms with Crippen molar-refractivity contribution >= 4 is 17.3 Å². The minimum atomic E-state index is -4.41. The smallest absolute Gasteiger partial charge is 0.352 e. The average Bonchev–Trinajstić information content (AvgIpc) is 3.36. The van der Waals surface area contributed by atoms with E-state index in [-0.39, 0.29) is 12.1 Å². The van der Waals surface area contributed by atoms with Gasteiger partial charge in [0.05, 0.1) is 23.3 Å². The van der Waals surface area contributed by atoms with Gasteiger partial charge in [-0.05, 0) is 68.8 Å². The molecule has 0 spiro atoms. The highest BCUT2D eigenvalue weighted by Crippen LogP contribution is 2.40. The van der Waals surface area contributed by atoms with Gasteiger partial charge in [-0.15, -0.1) is 0 Å². The number of halogens is 3. The maximum atomic E-state index is 13.3. The molecule has 0 unspecified atom stereocenters. The van der Waals surface area contributed by atoms with Crippen molar-refractivity contribution < 1.29 is 13.2 Å². The molecule has 0 saturated carbocycles. The van der Waals surface area contributed by atoms with E-state index in [1.54, 1.807) is 23.0 Å². The van der Waals surface area contributed by atoms with Gasteiger partial charge in [-0.1, -0.05) is 12.1 Å². The summed E-state index contributed by atoms with van der Waals surface area (Å²) in [5, 5.41) is 3.98. The first kappa shape index (κ1) is 22.3. The highest BCUT2D eigenvalue weighted by Gasteiger charge is 2.41. The predicted molar refractivity (Wildman–Crippen MR) is 121 cm³/mol. The van der Waals surface area contributed by atoms with Gasteiger partial charge in [0.25, 0.3) is 0 Å². The Bertz CT molecular complexity index is 1080. The molecule has 2 aromatic heterocycles. The summed E-state index contributed by atoms with van der Waals surface area (Å²) in [5.74, 6) is 0. The van der Waals surface area contributed by atoms with Crippen LogP contribution in [-0.2, 0) is 6.18 Å². The van der Waals surface area contributed by atoms with Gasteiger partial charge in [-0.2, -0.15) is 13.2 Å². The molecule has 0 radical (unpaired) electrons. The van der Waals surface area contributed by atoms with Gasteiger partial charge < -0.3 is 19.7 Å². The lowest BCUT2D eigenvalue weighted by Gasteiger charge is -2.30. The minimum Gasteiger partial charge on any atom is -0.352 e. The van der Waals surface area contributed by atoms with E-state index < -0.39 is 11.7 Å². The molecule has 1 aliphatic heterocycles. The Kier molecular flexibility index (Phi) is 6.21. The standard InChI is InChI=1S/C23H24F3N5S/c1-29(2)13-14-31-21(20(28-22(31)32)18-9-3-4-11-27-18)19-10-6-12-30(19)17-8-5-7-16(15-17)23(24,25)26/h3-12,15,20-21H,13-14H2,1-2H3,(H,28,32)/t20-,21+/m1/s1. The predicted octanol–water partition coefficient (Wildman–Crippen LogP) is 4.43. The van der Waals surface area contributed by atoms with Crippen LogP contribution < -0.4 is 5.32 Å². The van der Waals surface area contributed by atoms with Crippen LogP contribution in [0.1, 0.15) is 29.0 Å². The second kappa shape index (κ2) is 8.91. The van der Waals surface area contributed by atoms with Crippen LogP contribution in [0.25, 0.3) is 5.69 Å². The lowest BCUT2D eigenvalue weighted by Crippen LogP contribution is -2.36. The van der Waals surface area contributed by atoms with E-state index in [2.05, 4.69) is 20.1 Å². The summed E-state index contributed by atoms with van der Waals surface area (Å²) < 4.78 is 41.8. The molecule has 4 rings (SSSR count). The average molecular weight is 460 g/mol. The molecule has 32 heavy (non-hydrogen) atoms. The molecule has 3 aromatic rings. The largest absolute Gasteiger partial charge is 0.416 e. The van der Waals surface area contributed by atoms with Crippen LogP contribution in [-0.4, -0.2) is 51.6 Å². The van der Waals surface area contributed by atoms with Crippen LogP contribution in [0.15, 0.2) is 67.0 Å². The molecule has 1 saturated heterocycles. The Hall–Kier alpha value is -2.91. The van der Waals surface area contributed by atoms with Crippen molar-refractivity contribution in [2.24, 2.45) is 0 Å². The van der Waals surface area contributed by atoms with Crippen LogP contribution in [0.4, 0.5) is 13.2 Å². The first-order valence-electron chi connectivity index (χ1n) is 10.2. The molecular weight excluding hydrogens is 435 g/mol. The first-order chi connectivity index (χ1) is 15.3. The molecule has 9 heteroatoms. The normalized spacial score (nSPS) is 18.9. The maximum absolute atomic E-state index is 13.3. The Balaban J connectivity index is 1.78. The van der Waals surface area contributed by atoms with Crippen LogP contribution in [0, 0.1) is 0 Å². The number of hydrogen-bond donors (Lipinski definition) is 1. The second-order valence-electron chi connectivity index (χ2n) is 7.97. The number of hydrogen-bond acceptors (Lipinski definition) is 3. The van der Waals surface area contributed by atoms with E-state index in [1.165, 1.54) is 12.1 Å². The van der Waals surface area contributed by atoms with Gasteiger partial charge in [0, 0.05) is 36.9 Å². The summed E-state index contributed by atoms with van der Waals surface area (Å²) >= 11 is 5.66. The molecular formula is C23H24F3N5S. The van der Waals surface area contributed by atoms with Gasteiger partial charge in [0.1, 0.15) is 0 Å². The van der Waals surface area contributed by atoms with E-state index in [4.69, 9.17) is 12.2 Å². The van der Waals surface area contributed by atoms with E-state index in [1.807, 2.05) is 44.4 Å². The molecule has 1 N–H and O–H groups in total. The number of nitrogens with one attached hydrogen (secondary N) is 1. The molecule has 0 amide bonds. The molecule has 1 aliphatic rings. The Morgan fingerprint density at radius 1 is 1.09 bits per heavy atom. The van der Waals surface area contributed by atoms with E-state index >= 15 is 0 Å². The van der Waals surface area contributed by atoms with Gasteiger partial charge in [0.15, 0.2) is 5.11 Å². The fraction of sp³-hybridized carbons (Fsp3) is 0.304. The zero-order valence-corrected chi connectivity index (χ0v) is 18.6. The summed E-state index contributed by atoms with van der Waals surface area (Å²) in [4.78, 5) is 8.68. The summed E-state index contributed by atoms with van der Waals surface area (Å²) in [6.45, 7) is 1.44. The fourth-order valence-electron chi connectivity index (χ4n) is 3.98. The Labute approximate surface area is 190 Å². The molecule has 168 valence electrons. The number of benzene rings is 1. The summed E-state index contributed by atoms with van der Waals surface area (Å²) in [7, 11) is 3.98. The van der Waals surface area contributed by atoms with E-state index in [9.17, 15) is 13.2 Å². The Morgan fingerprint density at radius 2 is 1.91 bits per heavy atom. The number of thiocarbonyl (C=S) groups is 1. The number of alkyl halides is 3. The topological polar surface area (TPSA) is 36.3 Å². The first-order valence-corrected chi connectivity index (χ1v) is 10.6. The van der Waals surface area contributed by atoms with Crippen LogP contribution in [0.3, 0.4) is 0 Å². The third kappa shape index (κ3) is 4.49. The quantitative estimate of drug-likeness (QED) is 0.552. The lowest BCUT2D eigenvalue weighted by molar-refractivity contribution is -0.137. The van der Waals surface area contributed by atoms with Crippen LogP contribution >= 0.6 is 12.2 Å². The zero-order chi connectivity index (χ0) is 22.9. The number of nitrogens with zero attached hydrogens (tertiary/aromatic N) is 4. The molecule has 2 atom stereocenters. The van der Waals surface area contributed by atoms with Crippen molar-refractivity contribution in [3.8, 4) is 5.69 Å². The third-order valence-corrected chi connectivity index (χ3v) is 5.87. The molecule has 0 bridgehead atoms. The Morgan fingerprint density at radius 3 is 2.59 bits per heavy atom. The molecule has 0 aliphatic carbocycles. The summed E-state index contributed by atoms with van der Waals surface area (Å²) in [5.41, 5.74) is 1.43. The van der Waals surface area contributed by atoms with Crippen molar-refractivity contribution in [3.63, 3.8) is 0 Å². The summed E-state index contributed by atoms with van der Waals surface area (Å²) in [6.07, 6.45) is -0.898. The molecule has 1 fully saturated rings. The van der Waals surface area contributed by atoms with Crippen LogP contribution in [0.5, 0.6) is 0 Å². The number of rotatable bonds is 6. The van der Waals surface area contributed by atoms with Crippen molar-refractivity contribution in [2.75, 3.05) is 27.2 Å². The third-order valence-electron chi connectivity index (χ3n) is 5.52. The second-order valence-corrected chi connectivity index (χ2v) is 8.36. The minimum absolute atomic E-state index is 0.231. The van der Waals surface area contributed by atoms with Gasteiger partial charge in [0.2, 0.25) is 0 Å². The molecule has 1 aromatic carbocycles. The van der Waals surface area contributed by atoms with Crippen molar-refractivity contribution in [2.45, 2.75) is 18.3 Å². The van der Waals surface area contributed by atoms with Gasteiger partial charge >= 0.3 is 6.18 Å². The van der Waals surface area contributed by atoms with E-state index in [0.717, 1.165) is 24.0 Å². The van der Waals surface area contributed by atoms with Gasteiger partial charge in [-0.3, -0.25) is 4.98 Å². The SMILES string of the molecule is CN(C)CCN1C(=S)N[C@H](c2ccccn2)[C@@H]1c1cccn1-c1cccc(C(F)(F)F)c1. The van der Waals surface area contributed by atoms with Crippen molar-refractivity contribution in [3.05, 3.63) is 83.9 Å². The lowest BCUT2D eigenvalue weighted by atomic mass is 10.0. The highest BCUT2D eigenvalue weighted by atomic mass is 32.1. The molecule has 5 nitrogen and oxygen atoms in total. The van der Waals surface area contributed by atoms with Crippen molar-refractivity contribution in [1.29, 1.82) is 0 Å². The van der Waals surface area contributed by atoms with Gasteiger partial charge in [-0.25, -0.2) is 0 Å². The van der Waals surface area contributed by atoms with E-state index in [0.29, 0.717) is 17.3 Å². The highest BCUT2D eigenvalue weighted by molar-refractivity contribution is 7.80. The monoisotopic (exact) mass is 459 g/mol. The maximum Gasteiger partial charge on any atom is 0.416 e. The zero-order valence-electron chi connectivity index (χ0n) is 17.8. The van der Waals surface area contributed by atoms with Crippen molar-refractivity contribution in [1.82, 2.24) is 24.7 Å². The number of aromatic nitrogens is 2. The summed E-state index contributed by atoms with van der Waals surface area (Å²) in [6, 6.07) is 14.4. The number of likely N-dealkylation sites (N-methyl/N-ethyl adjacent to an activating group) is 1. The van der Waals surface area contributed by atoms with Crippen LogP contribution in [0.2, 0.25) is 0 Å². The fourth-order valence-corrected chi connectivity index (χ4v) is 4.31. The number of pyridine rings is 1. The molecule has 3 heterocycles.